The molecule has 1 aromatic carbocycles. The zero-order valence-corrected chi connectivity index (χ0v) is 14.1. The third-order valence-electron chi connectivity index (χ3n) is 3.19. The van der Waals surface area contributed by atoms with E-state index < -0.39 is 15.9 Å². The highest BCUT2D eigenvalue weighted by molar-refractivity contribution is 7.90. The lowest BCUT2D eigenvalue weighted by Crippen LogP contribution is -2.43. The Balaban J connectivity index is 2.33. The lowest BCUT2D eigenvalue weighted by molar-refractivity contribution is -0.122. The largest absolute Gasteiger partial charge is 0.491 e. The van der Waals surface area contributed by atoms with Crippen LogP contribution in [0, 0.1) is 13.8 Å². The molecule has 3 N–H and O–H groups in total. The van der Waals surface area contributed by atoms with Crippen LogP contribution in [-0.4, -0.2) is 45.5 Å². The Hall–Kier alpha value is -1.60. The molecule has 1 aromatic rings. The molecular weight excluding hydrogens is 304 g/mol. The number of ether oxygens (including phenoxy) is 1. The number of sulfone groups is 1. The predicted molar refractivity (Wildman–Crippen MR) is 86.7 cm³/mol. The molecule has 0 saturated heterocycles. The SMILES string of the molecule is Cc1cccc(C)c1OCCNC(=O)C(N)CCS(C)(=O)=O. The van der Waals surface area contributed by atoms with Gasteiger partial charge in [-0.1, -0.05) is 18.2 Å². The van der Waals surface area contributed by atoms with E-state index in [1.54, 1.807) is 0 Å². The van der Waals surface area contributed by atoms with E-state index in [-0.39, 0.29) is 18.1 Å². The van der Waals surface area contributed by atoms with Gasteiger partial charge in [0.05, 0.1) is 18.3 Å². The summed E-state index contributed by atoms with van der Waals surface area (Å²) in [4.78, 5) is 11.7. The highest BCUT2D eigenvalue weighted by Crippen LogP contribution is 2.21. The van der Waals surface area contributed by atoms with Crippen molar-refractivity contribution >= 4 is 15.7 Å². The summed E-state index contributed by atoms with van der Waals surface area (Å²) in [6.07, 6.45) is 1.23. The van der Waals surface area contributed by atoms with Crippen molar-refractivity contribution in [3.63, 3.8) is 0 Å². The van der Waals surface area contributed by atoms with Crippen molar-refractivity contribution in [2.24, 2.45) is 5.73 Å². The summed E-state index contributed by atoms with van der Waals surface area (Å²) in [6, 6.07) is 5.05. The molecule has 0 bridgehead atoms. The van der Waals surface area contributed by atoms with Crippen LogP contribution in [0.1, 0.15) is 17.5 Å². The number of amides is 1. The van der Waals surface area contributed by atoms with E-state index in [0.29, 0.717) is 13.2 Å². The Morgan fingerprint density at radius 3 is 2.45 bits per heavy atom. The average molecular weight is 328 g/mol. The second-order valence-corrected chi connectivity index (χ2v) is 7.65. The average Bonchev–Trinajstić information content (AvgIpc) is 2.42. The number of carbonyl (C=O) groups is 1. The lowest BCUT2D eigenvalue weighted by atomic mass is 10.1. The molecule has 7 heteroatoms. The molecule has 0 saturated carbocycles. The fraction of sp³-hybridized carbons (Fsp3) is 0.533. The fourth-order valence-corrected chi connectivity index (χ4v) is 2.64. The summed E-state index contributed by atoms with van der Waals surface area (Å²) in [5.74, 6) is 0.354. The second-order valence-electron chi connectivity index (χ2n) is 5.39. The summed E-state index contributed by atoms with van der Waals surface area (Å²) < 4.78 is 27.7. The van der Waals surface area contributed by atoms with Crippen LogP contribution >= 0.6 is 0 Å². The maximum absolute atomic E-state index is 11.7. The molecule has 1 amide bonds. The molecular formula is C15H24N2O4S. The second kappa shape index (κ2) is 8.14. The summed E-state index contributed by atoms with van der Waals surface area (Å²) in [5, 5.41) is 2.64. The minimum absolute atomic E-state index is 0.0967. The molecule has 0 fully saturated rings. The number of benzene rings is 1. The summed E-state index contributed by atoms with van der Waals surface area (Å²) >= 11 is 0. The third kappa shape index (κ3) is 6.44. The number of aryl methyl sites for hydroxylation is 2. The van der Waals surface area contributed by atoms with Gasteiger partial charge < -0.3 is 15.8 Å². The smallest absolute Gasteiger partial charge is 0.237 e. The summed E-state index contributed by atoms with van der Waals surface area (Å²) in [7, 11) is -3.11. The Bertz CT molecular complexity index is 594. The number of rotatable bonds is 8. The van der Waals surface area contributed by atoms with Gasteiger partial charge in [-0.25, -0.2) is 8.42 Å². The van der Waals surface area contributed by atoms with Gasteiger partial charge in [-0.3, -0.25) is 4.79 Å². The van der Waals surface area contributed by atoms with E-state index in [9.17, 15) is 13.2 Å². The minimum atomic E-state index is -3.11. The molecule has 0 aliphatic rings. The van der Waals surface area contributed by atoms with Crippen molar-refractivity contribution < 1.29 is 17.9 Å². The van der Waals surface area contributed by atoms with Gasteiger partial charge in [0.25, 0.3) is 0 Å². The van der Waals surface area contributed by atoms with Gasteiger partial charge in [-0.05, 0) is 31.4 Å². The van der Waals surface area contributed by atoms with Crippen LogP contribution in [0.15, 0.2) is 18.2 Å². The van der Waals surface area contributed by atoms with Gasteiger partial charge in [-0.2, -0.15) is 0 Å². The van der Waals surface area contributed by atoms with Gasteiger partial charge in [0.1, 0.15) is 22.2 Å². The van der Waals surface area contributed by atoms with E-state index in [1.165, 1.54) is 0 Å². The Morgan fingerprint density at radius 1 is 1.32 bits per heavy atom. The van der Waals surface area contributed by atoms with Gasteiger partial charge >= 0.3 is 0 Å². The molecule has 0 aromatic heterocycles. The molecule has 0 spiro atoms. The quantitative estimate of drug-likeness (QED) is 0.680. The highest BCUT2D eigenvalue weighted by Gasteiger charge is 2.15. The number of hydrogen-bond donors (Lipinski definition) is 2. The predicted octanol–water partition coefficient (Wildman–Crippen LogP) is 0.560. The molecule has 0 aliphatic carbocycles. The molecule has 6 nitrogen and oxygen atoms in total. The maximum Gasteiger partial charge on any atom is 0.237 e. The molecule has 1 unspecified atom stereocenters. The number of hydrogen-bond acceptors (Lipinski definition) is 5. The molecule has 22 heavy (non-hydrogen) atoms. The fourth-order valence-electron chi connectivity index (χ4n) is 1.96. The van der Waals surface area contributed by atoms with Gasteiger partial charge in [0.2, 0.25) is 5.91 Å². The first-order valence-electron chi connectivity index (χ1n) is 7.11. The molecule has 1 rings (SSSR count). The van der Waals surface area contributed by atoms with Gasteiger partial charge in [-0.15, -0.1) is 0 Å². The van der Waals surface area contributed by atoms with Gasteiger partial charge in [0.15, 0.2) is 0 Å². The van der Waals surface area contributed by atoms with E-state index in [4.69, 9.17) is 10.5 Å². The van der Waals surface area contributed by atoms with Crippen LogP contribution in [0.5, 0.6) is 5.75 Å². The Labute approximate surface area is 132 Å². The molecule has 0 heterocycles. The molecule has 0 aliphatic heterocycles. The monoisotopic (exact) mass is 328 g/mol. The van der Waals surface area contributed by atoms with E-state index in [0.717, 1.165) is 23.1 Å². The van der Waals surface area contributed by atoms with Crippen LogP contribution < -0.4 is 15.8 Å². The van der Waals surface area contributed by atoms with Crippen LogP contribution in [0.25, 0.3) is 0 Å². The molecule has 124 valence electrons. The first kappa shape index (κ1) is 18.4. The lowest BCUT2D eigenvalue weighted by Gasteiger charge is -2.14. The highest BCUT2D eigenvalue weighted by atomic mass is 32.2. The molecule has 1 atom stereocenters. The van der Waals surface area contributed by atoms with Crippen LogP contribution in [0.2, 0.25) is 0 Å². The van der Waals surface area contributed by atoms with E-state index in [2.05, 4.69) is 5.32 Å². The number of nitrogens with two attached hydrogens (primary N) is 1. The normalized spacial score (nSPS) is 12.7. The number of para-hydroxylation sites is 1. The Morgan fingerprint density at radius 2 is 1.91 bits per heavy atom. The van der Waals surface area contributed by atoms with Crippen LogP contribution in [0.3, 0.4) is 0 Å². The molecule has 0 radical (unpaired) electrons. The third-order valence-corrected chi connectivity index (χ3v) is 4.17. The van der Waals surface area contributed by atoms with E-state index in [1.807, 2.05) is 32.0 Å². The number of carbonyl (C=O) groups excluding carboxylic acids is 1. The maximum atomic E-state index is 11.7. The Kier molecular flexibility index (Phi) is 6.83. The van der Waals surface area contributed by atoms with Crippen molar-refractivity contribution in [1.29, 1.82) is 0 Å². The van der Waals surface area contributed by atoms with Crippen molar-refractivity contribution in [2.75, 3.05) is 25.2 Å². The van der Waals surface area contributed by atoms with Crippen molar-refractivity contribution in [1.82, 2.24) is 5.32 Å². The van der Waals surface area contributed by atoms with E-state index >= 15 is 0 Å². The standard InChI is InChI=1S/C15H24N2O4S/c1-11-5-4-6-12(2)14(11)21-9-8-17-15(18)13(16)7-10-22(3,19)20/h4-6,13H,7-10,16H2,1-3H3,(H,17,18). The summed E-state index contributed by atoms with van der Waals surface area (Å²) in [5.41, 5.74) is 7.72. The topological polar surface area (TPSA) is 98.5 Å². The van der Waals surface area contributed by atoms with Crippen molar-refractivity contribution in [3.05, 3.63) is 29.3 Å². The number of nitrogens with one attached hydrogen (secondary N) is 1. The zero-order valence-electron chi connectivity index (χ0n) is 13.3. The van der Waals surface area contributed by atoms with Crippen molar-refractivity contribution in [2.45, 2.75) is 26.3 Å². The minimum Gasteiger partial charge on any atom is -0.491 e. The van der Waals surface area contributed by atoms with Crippen molar-refractivity contribution in [3.8, 4) is 5.75 Å². The summed E-state index contributed by atoms with van der Waals surface area (Å²) in [6.45, 7) is 4.57. The van der Waals surface area contributed by atoms with Crippen LogP contribution in [-0.2, 0) is 14.6 Å². The zero-order chi connectivity index (χ0) is 16.8. The van der Waals surface area contributed by atoms with Gasteiger partial charge in [0, 0.05) is 6.26 Å². The first-order chi connectivity index (χ1) is 10.2. The van der Waals surface area contributed by atoms with Crippen LogP contribution in [0.4, 0.5) is 0 Å². The first-order valence-corrected chi connectivity index (χ1v) is 9.17.